The minimum Gasteiger partial charge on any atom is -0.444 e. The van der Waals surface area contributed by atoms with Gasteiger partial charge in [0.05, 0.1) is 0 Å². The van der Waals surface area contributed by atoms with E-state index in [-0.39, 0.29) is 18.0 Å². The molecule has 1 N–H and O–H groups in total. The minimum absolute atomic E-state index is 0.0195. The molecule has 22 heavy (non-hydrogen) atoms. The van der Waals surface area contributed by atoms with E-state index < -0.39 is 5.60 Å². The summed E-state index contributed by atoms with van der Waals surface area (Å²) >= 11 is 0. The molecule has 126 valence electrons. The van der Waals surface area contributed by atoms with Crippen LogP contribution in [0.4, 0.5) is 4.79 Å². The molecule has 5 heteroatoms. The van der Waals surface area contributed by atoms with Gasteiger partial charge in [-0.25, -0.2) is 4.79 Å². The second-order valence-corrected chi connectivity index (χ2v) is 7.58. The smallest absolute Gasteiger partial charge is 0.410 e. The van der Waals surface area contributed by atoms with Crippen LogP contribution in [0.3, 0.4) is 0 Å². The van der Waals surface area contributed by atoms with Gasteiger partial charge in [0.2, 0.25) is 5.91 Å². The van der Waals surface area contributed by atoms with Gasteiger partial charge in [0.15, 0.2) is 0 Å². The van der Waals surface area contributed by atoms with E-state index in [1.807, 2.05) is 20.8 Å². The number of amides is 2. The fourth-order valence-corrected chi connectivity index (χ4v) is 3.33. The number of carbonyl (C=O) groups excluding carboxylic acids is 2. The average molecular weight is 310 g/mol. The van der Waals surface area contributed by atoms with Gasteiger partial charge in [-0.05, 0) is 52.4 Å². The van der Waals surface area contributed by atoms with Crippen LogP contribution in [0.25, 0.3) is 0 Å². The molecule has 0 aromatic rings. The number of likely N-dealkylation sites (tertiary alicyclic amines) is 1. The van der Waals surface area contributed by atoms with Crippen molar-refractivity contribution < 1.29 is 14.3 Å². The zero-order chi connectivity index (χ0) is 16.2. The highest BCUT2D eigenvalue weighted by Crippen LogP contribution is 2.24. The maximum atomic E-state index is 12.4. The Kier molecular flexibility index (Phi) is 5.70. The van der Waals surface area contributed by atoms with Gasteiger partial charge >= 0.3 is 6.09 Å². The number of nitrogens with one attached hydrogen (secondary N) is 1. The summed E-state index contributed by atoms with van der Waals surface area (Å²) in [5.74, 6) is 0.586. The van der Waals surface area contributed by atoms with Crippen molar-refractivity contribution in [2.24, 2.45) is 5.92 Å². The first-order chi connectivity index (χ1) is 10.4. The van der Waals surface area contributed by atoms with E-state index in [2.05, 4.69) is 5.32 Å². The van der Waals surface area contributed by atoms with Gasteiger partial charge in [0, 0.05) is 13.1 Å². The van der Waals surface area contributed by atoms with E-state index in [4.69, 9.17) is 4.74 Å². The van der Waals surface area contributed by atoms with Gasteiger partial charge in [0.25, 0.3) is 0 Å². The lowest BCUT2D eigenvalue weighted by Gasteiger charge is -2.28. The van der Waals surface area contributed by atoms with Crippen molar-refractivity contribution >= 4 is 12.0 Å². The van der Waals surface area contributed by atoms with E-state index in [1.165, 1.54) is 32.1 Å². The van der Waals surface area contributed by atoms with E-state index in [9.17, 15) is 9.59 Å². The fraction of sp³-hybridized carbons (Fsp3) is 0.882. The lowest BCUT2D eigenvalue weighted by Crippen LogP contribution is -2.48. The van der Waals surface area contributed by atoms with Crippen LogP contribution in [0.2, 0.25) is 0 Å². The number of ether oxygens (including phenoxy) is 1. The normalized spacial score (nSPS) is 23.4. The molecule has 2 amide bonds. The summed E-state index contributed by atoms with van der Waals surface area (Å²) in [6, 6.07) is -0.363. The summed E-state index contributed by atoms with van der Waals surface area (Å²) in [5, 5.41) is 3.05. The van der Waals surface area contributed by atoms with Crippen molar-refractivity contribution in [1.82, 2.24) is 10.2 Å². The summed E-state index contributed by atoms with van der Waals surface area (Å²) in [4.78, 5) is 26.2. The number of hydrogen-bond donors (Lipinski definition) is 1. The fourth-order valence-electron chi connectivity index (χ4n) is 3.33. The molecule has 1 aliphatic heterocycles. The number of rotatable bonds is 3. The van der Waals surface area contributed by atoms with E-state index >= 15 is 0 Å². The third-order valence-corrected chi connectivity index (χ3v) is 4.47. The number of hydrogen-bond acceptors (Lipinski definition) is 3. The largest absolute Gasteiger partial charge is 0.444 e. The molecule has 1 heterocycles. The summed E-state index contributed by atoms with van der Waals surface area (Å²) in [6.45, 7) is 6.89. The van der Waals surface area contributed by atoms with Crippen LogP contribution in [0.1, 0.15) is 65.7 Å². The predicted molar refractivity (Wildman–Crippen MR) is 85.5 cm³/mol. The molecule has 1 atom stereocenters. The van der Waals surface area contributed by atoms with Crippen LogP contribution in [-0.2, 0) is 9.53 Å². The third kappa shape index (κ3) is 4.89. The van der Waals surface area contributed by atoms with Gasteiger partial charge in [0.1, 0.15) is 11.6 Å². The monoisotopic (exact) mass is 310 g/mol. The first kappa shape index (κ1) is 17.1. The van der Waals surface area contributed by atoms with Crippen molar-refractivity contribution in [1.29, 1.82) is 0 Å². The molecule has 0 radical (unpaired) electrons. The molecule has 0 aromatic heterocycles. The van der Waals surface area contributed by atoms with Crippen LogP contribution in [0, 0.1) is 5.92 Å². The Morgan fingerprint density at radius 3 is 2.41 bits per heavy atom. The standard InChI is InChI=1S/C17H30N2O3/c1-17(2,3)22-16(21)19-11-7-10-14(19)15(20)18-12-13-8-5-4-6-9-13/h13-14H,4-12H2,1-3H3,(H,18,20)/t14-/m0/s1. The number of carbonyl (C=O) groups is 2. The van der Waals surface area contributed by atoms with Gasteiger partial charge in [-0.3, -0.25) is 9.69 Å². The third-order valence-electron chi connectivity index (χ3n) is 4.47. The van der Waals surface area contributed by atoms with E-state index in [0.29, 0.717) is 12.5 Å². The summed E-state index contributed by atoms with van der Waals surface area (Å²) in [6.07, 6.45) is 7.50. The SMILES string of the molecule is CC(C)(C)OC(=O)N1CCC[C@H]1C(=O)NCC1CCCCC1. The Morgan fingerprint density at radius 2 is 1.77 bits per heavy atom. The molecular weight excluding hydrogens is 280 g/mol. The van der Waals surface area contributed by atoms with E-state index in [1.54, 1.807) is 4.90 Å². The number of nitrogens with zero attached hydrogens (tertiary/aromatic N) is 1. The molecule has 1 aliphatic carbocycles. The molecule has 1 saturated carbocycles. The Hall–Kier alpha value is -1.26. The molecule has 0 bridgehead atoms. The molecule has 0 aromatic carbocycles. The van der Waals surface area contributed by atoms with Gasteiger partial charge in [-0.2, -0.15) is 0 Å². The first-order valence-corrected chi connectivity index (χ1v) is 8.64. The molecule has 0 unspecified atom stereocenters. The first-order valence-electron chi connectivity index (χ1n) is 8.64. The topological polar surface area (TPSA) is 58.6 Å². The highest BCUT2D eigenvalue weighted by atomic mass is 16.6. The molecule has 0 spiro atoms. The second kappa shape index (κ2) is 7.34. The minimum atomic E-state index is -0.525. The van der Waals surface area contributed by atoms with Crippen LogP contribution < -0.4 is 5.32 Å². The Balaban J connectivity index is 1.83. The van der Waals surface area contributed by atoms with E-state index in [0.717, 1.165) is 19.4 Å². The molecule has 2 fully saturated rings. The molecule has 5 nitrogen and oxygen atoms in total. The van der Waals surface area contributed by atoms with Crippen LogP contribution in [-0.4, -0.2) is 41.6 Å². The van der Waals surface area contributed by atoms with Crippen molar-refractivity contribution in [3.05, 3.63) is 0 Å². The van der Waals surface area contributed by atoms with Crippen LogP contribution in [0.15, 0.2) is 0 Å². The second-order valence-electron chi connectivity index (χ2n) is 7.58. The zero-order valence-electron chi connectivity index (χ0n) is 14.2. The quantitative estimate of drug-likeness (QED) is 0.871. The van der Waals surface area contributed by atoms with Crippen molar-refractivity contribution in [2.45, 2.75) is 77.4 Å². The van der Waals surface area contributed by atoms with Crippen LogP contribution in [0.5, 0.6) is 0 Å². The highest BCUT2D eigenvalue weighted by molar-refractivity contribution is 5.86. The van der Waals surface area contributed by atoms with Crippen molar-refractivity contribution in [3.8, 4) is 0 Å². The average Bonchev–Trinajstić information content (AvgIpc) is 2.93. The zero-order valence-corrected chi connectivity index (χ0v) is 14.2. The van der Waals surface area contributed by atoms with Gasteiger partial charge in [-0.1, -0.05) is 19.3 Å². The molecule has 1 saturated heterocycles. The van der Waals surface area contributed by atoms with Crippen molar-refractivity contribution in [3.63, 3.8) is 0 Å². The summed E-state index contributed by atoms with van der Waals surface area (Å²) in [5.41, 5.74) is -0.525. The van der Waals surface area contributed by atoms with Gasteiger partial charge < -0.3 is 10.1 Å². The van der Waals surface area contributed by atoms with Crippen LogP contribution >= 0.6 is 0 Å². The lowest BCUT2D eigenvalue weighted by molar-refractivity contribution is -0.125. The molecular formula is C17H30N2O3. The maximum absolute atomic E-state index is 12.4. The Bertz CT molecular complexity index is 397. The van der Waals surface area contributed by atoms with Gasteiger partial charge in [-0.15, -0.1) is 0 Å². The molecule has 2 aliphatic rings. The Labute approximate surface area is 133 Å². The summed E-state index contributed by atoms with van der Waals surface area (Å²) in [7, 11) is 0. The Morgan fingerprint density at radius 1 is 1.09 bits per heavy atom. The molecule has 2 rings (SSSR count). The van der Waals surface area contributed by atoms with Crippen molar-refractivity contribution in [2.75, 3.05) is 13.1 Å². The lowest BCUT2D eigenvalue weighted by atomic mass is 9.89. The predicted octanol–water partition coefficient (Wildman–Crippen LogP) is 3.08. The highest BCUT2D eigenvalue weighted by Gasteiger charge is 2.36. The maximum Gasteiger partial charge on any atom is 0.410 e. The summed E-state index contributed by atoms with van der Waals surface area (Å²) < 4.78 is 5.40.